The number of amides is 2. The number of carbonyl (C=O) groups is 1. The quantitative estimate of drug-likeness (QED) is 0.903. The highest BCUT2D eigenvalue weighted by molar-refractivity contribution is 7.88. The van der Waals surface area contributed by atoms with Gasteiger partial charge in [-0.3, -0.25) is 0 Å². The first kappa shape index (κ1) is 16.3. The van der Waals surface area contributed by atoms with Crippen molar-refractivity contribution in [2.24, 2.45) is 0 Å². The van der Waals surface area contributed by atoms with E-state index < -0.39 is 10.0 Å². The highest BCUT2D eigenvalue weighted by atomic mass is 32.2. The maximum atomic E-state index is 12.5. The van der Waals surface area contributed by atoms with Gasteiger partial charge in [0.2, 0.25) is 10.0 Å². The summed E-state index contributed by atoms with van der Waals surface area (Å²) in [6.07, 6.45) is 2.42. The molecule has 2 amide bonds. The maximum absolute atomic E-state index is 12.5. The van der Waals surface area contributed by atoms with Crippen LogP contribution in [0.3, 0.4) is 0 Å². The molecular weight excluding hydrogens is 314 g/mol. The number of rotatable bonds is 4. The summed E-state index contributed by atoms with van der Waals surface area (Å²) in [6.45, 7) is 2.60. The van der Waals surface area contributed by atoms with Gasteiger partial charge in [0.15, 0.2) is 0 Å². The third-order valence-corrected chi connectivity index (χ3v) is 6.36. The van der Waals surface area contributed by atoms with Gasteiger partial charge in [0.25, 0.3) is 0 Å². The Morgan fingerprint density at radius 1 is 1.09 bits per heavy atom. The molecule has 0 aliphatic carbocycles. The van der Waals surface area contributed by atoms with Gasteiger partial charge in [0.1, 0.15) is 0 Å². The summed E-state index contributed by atoms with van der Waals surface area (Å²) in [5.74, 6) is 0.0403. The number of hydrogen-bond donors (Lipinski definition) is 1. The van der Waals surface area contributed by atoms with Crippen LogP contribution in [0.2, 0.25) is 0 Å². The van der Waals surface area contributed by atoms with Crippen molar-refractivity contribution in [1.29, 1.82) is 0 Å². The molecule has 0 bridgehead atoms. The average Bonchev–Trinajstić information content (AvgIpc) is 2.46. The summed E-state index contributed by atoms with van der Waals surface area (Å²) in [6, 6.07) is 9.30. The number of hydrogen-bond acceptors (Lipinski definition) is 3. The number of sulfonamides is 1. The van der Waals surface area contributed by atoms with Gasteiger partial charge in [0.05, 0.1) is 5.75 Å². The van der Waals surface area contributed by atoms with Crippen LogP contribution in [0.1, 0.15) is 24.8 Å². The molecule has 1 aromatic rings. The van der Waals surface area contributed by atoms with Gasteiger partial charge in [-0.25, -0.2) is 17.5 Å². The van der Waals surface area contributed by atoms with Crippen LogP contribution in [0.5, 0.6) is 0 Å². The van der Waals surface area contributed by atoms with Crippen molar-refractivity contribution >= 4 is 16.1 Å². The van der Waals surface area contributed by atoms with E-state index >= 15 is 0 Å². The summed E-state index contributed by atoms with van der Waals surface area (Å²) < 4.78 is 26.5. The molecule has 0 unspecified atom stereocenters. The van der Waals surface area contributed by atoms with Crippen LogP contribution < -0.4 is 5.32 Å². The summed E-state index contributed by atoms with van der Waals surface area (Å²) in [4.78, 5) is 13.7. The normalized spacial score (nSPS) is 20.1. The largest absolute Gasteiger partial charge is 0.335 e. The number of nitrogens with zero attached hydrogens (tertiary/aromatic N) is 2. The van der Waals surface area contributed by atoms with Crippen molar-refractivity contribution in [3.05, 3.63) is 35.9 Å². The third kappa shape index (κ3) is 4.03. The van der Waals surface area contributed by atoms with E-state index in [1.54, 1.807) is 9.21 Å². The van der Waals surface area contributed by atoms with Gasteiger partial charge < -0.3 is 10.2 Å². The lowest BCUT2D eigenvalue weighted by Gasteiger charge is -2.35. The molecule has 3 rings (SSSR count). The maximum Gasteiger partial charge on any atom is 0.317 e. The Kier molecular flexibility index (Phi) is 4.87. The molecule has 7 heteroatoms. The van der Waals surface area contributed by atoms with Crippen molar-refractivity contribution in [1.82, 2.24) is 14.5 Å². The van der Waals surface area contributed by atoms with Crippen molar-refractivity contribution in [2.75, 3.05) is 26.2 Å². The zero-order valence-electron chi connectivity index (χ0n) is 13.1. The molecule has 2 fully saturated rings. The van der Waals surface area contributed by atoms with Gasteiger partial charge in [0, 0.05) is 32.2 Å². The molecule has 6 nitrogen and oxygen atoms in total. The van der Waals surface area contributed by atoms with Crippen molar-refractivity contribution in [3.63, 3.8) is 0 Å². The molecule has 1 N–H and O–H groups in total. The molecule has 1 aromatic carbocycles. The molecule has 2 saturated heterocycles. The summed E-state index contributed by atoms with van der Waals surface area (Å²) in [5, 5.41) is 3.01. The second-order valence-corrected chi connectivity index (χ2v) is 8.17. The fraction of sp³-hybridized carbons (Fsp3) is 0.562. The molecule has 0 atom stereocenters. The Balaban J connectivity index is 1.50. The van der Waals surface area contributed by atoms with Gasteiger partial charge in [-0.1, -0.05) is 30.3 Å². The van der Waals surface area contributed by atoms with Crippen LogP contribution in [0, 0.1) is 0 Å². The molecular formula is C16H23N3O3S. The van der Waals surface area contributed by atoms with Gasteiger partial charge in [-0.2, -0.15) is 0 Å². The number of carbonyl (C=O) groups excluding carboxylic acids is 1. The second kappa shape index (κ2) is 6.88. The lowest BCUT2D eigenvalue weighted by Crippen LogP contribution is -2.53. The third-order valence-electron chi connectivity index (χ3n) is 4.51. The minimum atomic E-state index is -3.29. The molecule has 126 valence electrons. The summed E-state index contributed by atoms with van der Waals surface area (Å²) in [5.41, 5.74) is 0.806. The van der Waals surface area contributed by atoms with Crippen LogP contribution in [-0.4, -0.2) is 55.9 Å². The molecule has 0 saturated carbocycles. The Labute approximate surface area is 137 Å². The monoisotopic (exact) mass is 337 g/mol. The van der Waals surface area contributed by atoms with E-state index in [9.17, 15) is 13.2 Å². The van der Waals surface area contributed by atoms with Crippen LogP contribution >= 0.6 is 0 Å². The van der Waals surface area contributed by atoms with Gasteiger partial charge in [-0.05, 0) is 24.8 Å². The van der Waals surface area contributed by atoms with Crippen LogP contribution in [-0.2, 0) is 15.8 Å². The average molecular weight is 337 g/mol. The molecule has 0 aromatic heterocycles. The van der Waals surface area contributed by atoms with Crippen molar-refractivity contribution in [2.45, 2.75) is 31.1 Å². The van der Waals surface area contributed by atoms with E-state index in [4.69, 9.17) is 0 Å². The lowest BCUT2D eigenvalue weighted by molar-refractivity contribution is 0.159. The highest BCUT2D eigenvalue weighted by Crippen LogP contribution is 2.18. The minimum Gasteiger partial charge on any atom is -0.335 e. The zero-order valence-corrected chi connectivity index (χ0v) is 14.0. The molecule has 23 heavy (non-hydrogen) atoms. The predicted octanol–water partition coefficient (Wildman–Crippen LogP) is 1.40. The van der Waals surface area contributed by atoms with Gasteiger partial charge in [-0.15, -0.1) is 0 Å². The molecule has 2 heterocycles. The Morgan fingerprint density at radius 3 is 2.30 bits per heavy atom. The minimum absolute atomic E-state index is 0.0122. The van der Waals surface area contributed by atoms with Crippen LogP contribution in [0.25, 0.3) is 0 Å². The van der Waals surface area contributed by atoms with E-state index in [-0.39, 0.29) is 17.8 Å². The van der Waals surface area contributed by atoms with E-state index in [2.05, 4.69) is 5.32 Å². The van der Waals surface area contributed by atoms with Crippen molar-refractivity contribution < 1.29 is 13.2 Å². The Bertz CT molecular complexity index is 636. The Hall–Kier alpha value is -1.60. The fourth-order valence-corrected chi connectivity index (χ4v) is 4.50. The highest BCUT2D eigenvalue weighted by Gasteiger charge is 2.30. The standard InChI is InChI=1S/C16H23N3O3S/c20-16(18-9-4-10-18)17-15-7-11-19(12-8-15)23(21,22)13-14-5-2-1-3-6-14/h1-3,5-6,15H,4,7-13H2,(H,17,20). The smallest absolute Gasteiger partial charge is 0.317 e. The van der Waals surface area contributed by atoms with E-state index in [0.717, 1.165) is 25.1 Å². The number of likely N-dealkylation sites (tertiary alicyclic amines) is 1. The molecule has 0 radical (unpaired) electrons. The number of piperidine rings is 1. The first-order chi connectivity index (χ1) is 11.0. The molecule has 0 spiro atoms. The van der Waals surface area contributed by atoms with Gasteiger partial charge >= 0.3 is 6.03 Å². The number of nitrogens with one attached hydrogen (secondary N) is 1. The molecule has 2 aliphatic rings. The zero-order chi connectivity index (χ0) is 16.3. The van der Waals surface area contributed by atoms with E-state index in [0.29, 0.717) is 25.9 Å². The number of urea groups is 1. The topological polar surface area (TPSA) is 69.7 Å². The first-order valence-corrected chi connectivity index (χ1v) is 9.73. The van der Waals surface area contributed by atoms with E-state index in [1.807, 2.05) is 30.3 Å². The fourth-order valence-electron chi connectivity index (χ4n) is 2.94. The predicted molar refractivity (Wildman–Crippen MR) is 88.4 cm³/mol. The first-order valence-electron chi connectivity index (χ1n) is 8.12. The molecule has 2 aliphatic heterocycles. The Morgan fingerprint density at radius 2 is 1.74 bits per heavy atom. The van der Waals surface area contributed by atoms with E-state index in [1.165, 1.54) is 0 Å². The number of benzene rings is 1. The van der Waals surface area contributed by atoms with Crippen LogP contribution in [0.4, 0.5) is 4.79 Å². The SMILES string of the molecule is O=C(NC1CCN(S(=O)(=O)Cc2ccccc2)CC1)N1CCC1. The van der Waals surface area contributed by atoms with Crippen molar-refractivity contribution in [3.8, 4) is 0 Å². The summed E-state index contributed by atoms with van der Waals surface area (Å²) >= 11 is 0. The summed E-state index contributed by atoms with van der Waals surface area (Å²) in [7, 11) is -3.29. The second-order valence-electron chi connectivity index (χ2n) is 6.21. The lowest BCUT2D eigenvalue weighted by atomic mass is 10.1. The van der Waals surface area contributed by atoms with Crippen LogP contribution in [0.15, 0.2) is 30.3 Å².